The fourth-order valence-corrected chi connectivity index (χ4v) is 1.78. The second-order valence-corrected chi connectivity index (χ2v) is 4.61. The molecule has 1 rings (SSSR count). The maximum absolute atomic E-state index is 13.0. The molecule has 0 saturated carbocycles. The van der Waals surface area contributed by atoms with Gasteiger partial charge in [0, 0.05) is 5.69 Å². The van der Waals surface area contributed by atoms with E-state index in [0.717, 1.165) is 17.8 Å². The Morgan fingerprint density at radius 2 is 1.90 bits per heavy atom. The van der Waals surface area contributed by atoms with Gasteiger partial charge in [0.05, 0.1) is 17.1 Å². The molecule has 0 unspecified atom stereocenters. The standard InChI is InChI=1S/C11H9F4NO3S/c12-8-2-1-6(3-7(8)11(13,14)15)16-9(17)4-20-5-10(18)19/h1-3H,4-5H2,(H,16,17)(H,18,19). The lowest BCUT2D eigenvalue weighted by Crippen LogP contribution is -2.16. The van der Waals surface area contributed by atoms with Crippen molar-refractivity contribution in [1.29, 1.82) is 0 Å². The van der Waals surface area contributed by atoms with Gasteiger partial charge in [0.25, 0.3) is 0 Å². The number of hydrogen-bond donors (Lipinski definition) is 2. The smallest absolute Gasteiger partial charge is 0.419 e. The molecule has 0 aliphatic heterocycles. The summed E-state index contributed by atoms with van der Waals surface area (Å²) >= 11 is 0.794. The molecular weight excluding hydrogens is 302 g/mol. The first-order chi connectivity index (χ1) is 9.20. The van der Waals surface area contributed by atoms with Crippen molar-refractivity contribution >= 4 is 29.3 Å². The van der Waals surface area contributed by atoms with Crippen LogP contribution in [-0.2, 0) is 15.8 Å². The van der Waals surface area contributed by atoms with Crippen molar-refractivity contribution in [1.82, 2.24) is 0 Å². The minimum Gasteiger partial charge on any atom is -0.481 e. The van der Waals surface area contributed by atoms with Gasteiger partial charge in [-0.25, -0.2) is 4.39 Å². The number of rotatable bonds is 5. The molecule has 0 saturated heterocycles. The molecular formula is C11H9F4NO3S. The number of benzene rings is 1. The number of thioether (sulfide) groups is 1. The number of carboxylic acid groups (broad SMARTS) is 1. The number of nitrogens with one attached hydrogen (secondary N) is 1. The summed E-state index contributed by atoms with van der Waals surface area (Å²) in [6, 6.07) is 2.07. The first-order valence-electron chi connectivity index (χ1n) is 5.16. The topological polar surface area (TPSA) is 66.4 Å². The van der Waals surface area contributed by atoms with E-state index in [2.05, 4.69) is 5.32 Å². The highest BCUT2D eigenvalue weighted by Gasteiger charge is 2.34. The van der Waals surface area contributed by atoms with E-state index in [1.165, 1.54) is 0 Å². The first-order valence-corrected chi connectivity index (χ1v) is 6.31. The molecule has 0 aliphatic rings. The van der Waals surface area contributed by atoms with Crippen LogP contribution in [-0.4, -0.2) is 28.5 Å². The molecule has 110 valence electrons. The van der Waals surface area contributed by atoms with E-state index in [1.807, 2.05) is 0 Å². The summed E-state index contributed by atoms with van der Waals surface area (Å²) in [4.78, 5) is 21.6. The van der Waals surface area contributed by atoms with E-state index in [9.17, 15) is 27.2 Å². The predicted molar refractivity (Wildman–Crippen MR) is 65.0 cm³/mol. The number of hydrogen-bond acceptors (Lipinski definition) is 3. The lowest BCUT2D eigenvalue weighted by molar-refractivity contribution is -0.140. The normalized spacial score (nSPS) is 11.2. The van der Waals surface area contributed by atoms with Crippen LogP contribution in [0.3, 0.4) is 0 Å². The summed E-state index contributed by atoms with van der Waals surface area (Å²) < 4.78 is 50.3. The average molecular weight is 311 g/mol. The van der Waals surface area contributed by atoms with Crippen LogP contribution in [0.5, 0.6) is 0 Å². The fraction of sp³-hybridized carbons (Fsp3) is 0.273. The molecule has 0 spiro atoms. The van der Waals surface area contributed by atoms with Crippen LogP contribution in [0.15, 0.2) is 18.2 Å². The van der Waals surface area contributed by atoms with Crippen molar-refractivity contribution in [2.45, 2.75) is 6.18 Å². The van der Waals surface area contributed by atoms with E-state index in [1.54, 1.807) is 0 Å². The summed E-state index contributed by atoms with van der Waals surface area (Å²) in [6.45, 7) is 0. The van der Waals surface area contributed by atoms with Gasteiger partial charge >= 0.3 is 12.1 Å². The van der Waals surface area contributed by atoms with Crippen molar-refractivity contribution in [3.05, 3.63) is 29.6 Å². The lowest BCUT2D eigenvalue weighted by atomic mass is 10.2. The predicted octanol–water partition coefficient (Wildman–Crippen LogP) is 2.60. The van der Waals surface area contributed by atoms with Crippen LogP contribution in [0.25, 0.3) is 0 Å². The van der Waals surface area contributed by atoms with Crippen molar-refractivity contribution in [2.24, 2.45) is 0 Å². The van der Waals surface area contributed by atoms with Crippen LogP contribution >= 0.6 is 11.8 Å². The second-order valence-electron chi connectivity index (χ2n) is 3.63. The number of halogens is 4. The van der Waals surface area contributed by atoms with E-state index in [0.29, 0.717) is 12.1 Å². The summed E-state index contributed by atoms with van der Waals surface area (Å²) in [5.74, 6) is -3.74. The van der Waals surface area contributed by atoms with Crippen molar-refractivity contribution in [3.8, 4) is 0 Å². The molecule has 4 nitrogen and oxygen atoms in total. The van der Waals surface area contributed by atoms with E-state index < -0.39 is 29.4 Å². The van der Waals surface area contributed by atoms with Gasteiger partial charge in [0.15, 0.2) is 0 Å². The molecule has 9 heteroatoms. The Bertz CT molecular complexity index is 519. The van der Waals surface area contributed by atoms with Gasteiger partial charge in [-0.05, 0) is 18.2 Å². The Morgan fingerprint density at radius 1 is 1.25 bits per heavy atom. The van der Waals surface area contributed by atoms with E-state index in [4.69, 9.17) is 5.11 Å². The lowest BCUT2D eigenvalue weighted by Gasteiger charge is -2.10. The Balaban J connectivity index is 2.69. The zero-order valence-corrected chi connectivity index (χ0v) is 10.6. The minimum atomic E-state index is -4.86. The first kappa shape index (κ1) is 16.3. The molecule has 0 bridgehead atoms. The van der Waals surface area contributed by atoms with Gasteiger partial charge < -0.3 is 10.4 Å². The number of carbonyl (C=O) groups is 2. The Morgan fingerprint density at radius 3 is 2.45 bits per heavy atom. The second kappa shape index (κ2) is 6.60. The highest BCUT2D eigenvalue weighted by molar-refractivity contribution is 8.00. The van der Waals surface area contributed by atoms with Gasteiger partial charge in [0.2, 0.25) is 5.91 Å². The minimum absolute atomic E-state index is 0.209. The highest BCUT2D eigenvalue weighted by Crippen LogP contribution is 2.32. The van der Waals surface area contributed by atoms with E-state index in [-0.39, 0.29) is 17.2 Å². The number of carbonyl (C=O) groups excluding carboxylic acids is 1. The molecule has 0 heterocycles. The zero-order valence-electron chi connectivity index (χ0n) is 9.83. The number of alkyl halides is 3. The highest BCUT2D eigenvalue weighted by atomic mass is 32.2. The third kappa shape index (κ3) is 5.08. The number of anilines is 1. The number of amides is 1. The molecule has 1 aromatic carbocycles. The Hall–Kier alpha value is -1.77. The summed E-state index contributed by atoms with van der Waals surface area (Å²) in [5.41, 5.74) is -1.69. The van der Waals surface area contributed by atoms with Crippen molar-refractivity contribution in [2.75, 3.05) is 16.8 Å². The average Bonchev–Trinajstić information content (AvgIpc) is 2.29. The molecule has 0 radical (unpaired) electrons. The van der Waals surface area contributed by atoms with Crippen molar-refractivity contribution in [3.63, 3.8) is 0 Å². The Kier molecular flexibility index (Phi) is 5.37. The molecule has 0 fully saturated rings. The van der Waals surface area contributed by atoms with Gasteiger partial charge in [-0.15, -0.1) is 11.8 Å². The molecule has 20 heavy (non-hydrogen) atoms. The fourth-order valence-electron chi connectivity index (χ4n) is 1.25. The van der Waals surface area contributed by atoms with E-state index >= 15 is 0 Å². The van der Waals surface area contributed by atoms with Gasteiger partial charge in [-0.2, -0.15) is 13.2 Å². The summed E-state index contributed by atoms with van der Waals surface area (Å²) in [5, 5.41) is 10.5. The quantitative estimate of drug-likeness (QED) is 0.820. The monoisotopic (exact) mass is 311 g/mol. The molecule has 0 atom stereocenters. The van der Waals surface area contributed by atoms with Gasteiger partial charge in [-0.1, -0.05) is 0 Å². The molecule has 2 N–H and O–H groups in total. The summed E-state index contributed by atoms with van der Waals surface area (Å²) in [6.07, 6.45) is -4.86. The zero-order chi connectivity index (χ0) is 15.3. The third-order valence-corrected chi connectivity index (χ3v) is 2.93. The van der Waals surface area contributed by atoms with Gasteiger partial charge in [0.1, 0.15) is 5.82 Å². The van der Waals surface area contributed by atoms with Crippen molar-refractivity contribution < 1.29 is 32.3 Å². The molecule has 1 aromatic rings. The van der Waals surface area contributed by atoms with Crippen LogP contribution < -0.4 is 5.32 Å². The maximum atomic E-state index is 13.0. The molecule has 0 aliphatic carbocycles. The summed E-state index contributed by atoms with van der Waals surface area (Å²) in [7, 11) is 0. The van der Waals surface area contributed by atoms with Crippen LogP contribution in [0.4, 0.5) is 23.2 Å². The maximum Gasteiger partial charge on any atom is 0.419 e. The van der Waals surface area contributed by atoms with Crippen LogP contribution in [0.2, 0.25) is 0 Å². The van der Waals surface area contributed by atoms with Gasteiger partial charge in [-0.3, -0.25) is 9.59 Å². The molecule has 1 amide bonds. The largest absolute Gasteiger partial charge is 0.481 e. The van der Waals surface area contributed by atoms with Crippen LogP contribution in [0.1, 0.15) is 5.56 Å². The number of carboxylic acids is 1. The molecule has 0 aromatic heterocycles. The SMILES string of the molecule is O=C(O)CSCC(=O)Nc1ccc(F)c(C(F)(F)F)c1. The third-order valence-electron chi connectivity index (χ3n) is 2.01. The Labute approximate surface area is 115 Å². The van der Waals surface area contributed by atoms with Crippen LogP contribution in [0, 0.1) is 5.82 Å². The number of aliphatic carboxylic acids is 1.